The standard InChI is InChI=1S/C40H52N2O4/c1-3-5-21-35(43)39-33(25-31(27-37(39)45)29-17-11-9-12-18-29)41-23-15-7-8-16-24-42-34-26-32(30-19-13-10-14-20-30)28-38(46)40(34)36(44)22-6-4-2/h9-14,17-20,31-32,43-44H,3-8,15-16,21-28H2,1-2H3/t31-,32+. The average Bonchev–Trinajstić information content (AvgIpc) is 3.07. The Bertz CT molecular complexity index is 1310. The maximum absolute atomic E-state index is 13.2. The Labute approximate surface area is 275 Å². The van der Waals surface area contributed by atoms with Crippen molar-refractivity contribution in [1.82, 2.24) is 0 Å². The summed E-state index contributed by atoms with van der Waals surface area (Å²) in [5.74, 6) is 0.556. The summed E-state index contributed by atoms with van der Waals surface area (Å²) in [6.07, 6.45) is 10.5. The van der Waals surface area contributed by atoms with Crippen molar-refractivity contribution < 1.29 is 19.8 Å². The Morgan fingerprint density at radius 3 is 1.35 bits per heavy atom. The number of carbonyl (C=O) groups excluding carboxylic acids is 2. The molecule has 4 rings (SSSR count). The first kappa shape index (κ1) is 35.1. The molecule has 246 valence electrons. The van der Waals surface area contributed by atoms with Gasteiger partial charge in [0.1, 0.15) is 11.5 Å². The molecule has 46 heavy (non-hydrogen) atoms. The van der Waals surface area contributed by atoms with Crippen LogP contribution in [0.4, 0.5) is 0 Å². The molecule has 0 heterocycles. The van der Waals surface area contributed by atoms with Gasteiger partial charge in [-0.1, -0.05) is 100 Å². The van der Waals surface area contributed by atoms with Crippen LogP contribution in [0.25, 0.3) is 0 Å². The fourth-order valence-corrected chi connectivity index (χ4v) is 6.60. The third-order valence-electron chi connectivity index (χ3n) is 9.20. The number of unbranched alkanes of at least 4 members (excludes halogenated alkanes) is 5. The van der Waals surface area contributed by atoms with Crippen LogP contribution in [0.3, 0.4) is 0 Å². The highest BCUT2D eigenvalue weighted by Crippen LogP contribution is 2.35. The number of rotatable bonds is 15. The molecule has 6 nitrogen and oxygen atoms in total. The van der Waals surface area contributed by atoms with E-state index in [0.29, 0.717) is 62.8 Å². The molecule has 0 bridgehead atoms. The highest BCUT2D eigenvalue weighted by molar-refractivity contribution is 6.25. The van der Waals surface area contributed by atoms with Gasteiger partial charge in [0.25, 0.3) is 0 Å². The van der Waals surface area contributed by atoms with Crippen LogP contribution < -0.4 is 0 Å². The molecule has 0 aliphatic heterocycles. The normalized spacial score (nSPS) is 22.8. The molecule has 0 spiro atoms. The number of benzene rings is 2. The number of hydrogen-bond donors (Lipinski definition) is 2. The van der Waals surface area contributed by atoms with Crippen molar-refractivity contribution in [2.24, 2.45) is 9.98 Å². The average molecular weight is 625 g/mol. The summed E-state index contributed by atoms with van der Waals surface area (Å²) in [4.78, 5) is 36.2. The van der Waals surface area contributed by atoms with Crippen molar-refractivity contribution in [3.8, 4) is 0 Å². The summed E-state index contributed by atoms with van der Waals surface area (Å²) in [7, 11) is 0. The van der Waals surface area contributed by atoms with Gasteiger partial charge in [-0.15, -0.1) is 0 Å². The lowest BCUT2D eigenvalue weighted by atomic mass is 9.78. The van der Waals surface area contributed by atoms with Gasteiger partial charge in [0, 0.05) is 50.2 Å². The van der Waals surface area contributed by atoms with Crippen LogP contribution in [0.1, 0.15) is 127 Å². The highest BCUT2D eigenvalue weighted by Gasteiger charge is 2.33. The summed E-state index contributed by atoms with van der Waals surface area (Å²) in [6.45, 7) is 5.40. The first-order chi connectivity index (χ1) is 22.4. The lowest BCUT2D eigenvalue weighted by molar-refractivity contribution is -0.116. The Morgan fingerprint density at radius 1 is 0.587 bits per heavy atom. The van der Waals surface area contributed by atoms with E-state index in [9.17, 15) is 19.8 Å². The Hall–Kier alpha value is -3.80. The van der Waals surface area contributed by atoms with Crippen molar-refractivity contribution in [3.05, 3.63) is 94.5 Å². The summed E-state index contributed by atoms with van der Waals surface area (Å²) >= 11 is 0. The lowest BCUT2D eigenvalue weighted by Crippen LogP contribution is -2.27. The molecular weight excluding hydrogens is 572 g/mol. The maximum atomic E-state index is 13.2. The molecule has 2 aromatic rings. The van der Waals surface area contributed by atoms with Gasteiger partial charge in [0.15, 0.2) is 11.6 Å². The largest absolute Gasteiger partial charge is 0.511 e. The van der Waals surface area contributed by atoms with E-state index >= 15 is 0 Å². The topological polar surface area (TPSA) is 99.3 Å². The summed E-state index contributed by atoms with van der Waals surface area (Å²) in [5, 5.41) is 21.7. The van der Waals surface area contributed by atoms with E-state index in [1.54, 1.807) is 0 Å². The molecule has 0 aromatic heterocycles. The number of aliphatic imine (C=N–C) groups is 2. The smallest absolute Gasteiger partial charge is 0.168 e. The number of aliphatic hydroxyl groups excluding tert-OH is 2. The Morgan fingerprint density at radius 2 is 0.978 bits per heavy atom. The zero-order chi connectivity index (χ0) is 32.7. The second-order valence-corrected chi connectivity index (χ2v) is 12.8. The molecule has 2 atom stereocenters. The van der Waals surface area contributed by atoms with Crippen molar-refractivity contribution >= 4 is 23.0 Å². The molecular formula is C40H52N2O4. The van der Waals surface area contributed by atoms with Gasteiger partial charge < -0.3 is 10.2 Å². The van der Waals surface area contributed by atoms with Crippen molar-refractivity contribution in [3.63, 3.8) is 0 Å². The quantitative estimate of drug-likeness (QED) is 0.117. The minimum absolute atomic E-state index is 0.00332. The van der Waals surface area contributed by atoms with Crippen LogP contribution in [0.2, 0.25) is 0 Å². The maximum Gasteiger partial charge on any atom is 0.168 e. The minimum Gasteiger partial charge on any atom is -0.511 e. The first-order valence-electron chi connectivity index (χ1n) is 17.5. The van der Waals surface area contributed by atoms with Gasteiger partial charge in [0.2, 0.25) is 0 Å². The van der Waals surface area contributed by atoms with Gasteiger partial charge in [0.05, 0.1) is 11.1 Å². The van der Waals surface area contributed by atoms with E-state index in [-0.39, 0.29) is 34.9 Å². The molecule has 0 radical (unpaired) electrons. The van der Waals surface area contributed by atoms with E-state index in [1.807, 2.05) is 36.4 Å². The van der Waals surface area contributed by atoms with Crippen LogP contribution in [0, 0.1) is 0 Å². The van der Waals surface area contributed by atoms with Crippen LogP contribution in [-0.4, -0.2) is 46.3 Å². The highest BCUT2D eigenvalue weighted by atomic mass is 16.3. The Balaban J connectivity index is 1.35. The number of ketones is 2. The fraction of sp³-hybridized carbons (Fsp3) is 0.500. The van der Waals surface area contributed by atoms with Gasteiger partial charge in [-0.2, -0.15) is 0 Å². The van der Waals surface area contributed by atoms with Crippen LogP contribution in [0.5, 0.6) is 0 Å². The van der Waals surface area contributed by atoms with E-state index < -0.39 is 0 Å². The molecule has 2 N–H and O–H groups in total. The predicted molar refractivity (Wildman–Crippen MR) is 188 cm³/mol. The number of Topliss-reactive ketones (excluding diaryl/α,β-unsaturated/α-hetero) is 2. The second-order valence-electron chi connectivity index (χ2n) is 12.8. The third kappa shape index (κ3) is 9.85. The van der Waals surface area contributed by atoms with Gasteiger partial charge in [-0.05, 0) is 61.5 Å². The number of carbonyl (C=O) groups is 2. The number of hydrogen-bond acceptors (Lipinski definition) is 6. The lowest BCUT2D eigenvalue weighted by Gasteiger charge is -2.26. The zero-order valence-electron chi connectivity index (χ0n) is 27.8. The Kier molecular flexibility index (Phi) is 14.0. The summed E-state index contributed by atoms with van der Waals surface area (Å²) in [5.41, 5.74) is 4.70. The van der Waals surface area contributed by atoms with Crippen LogP contribution in [-0.2, 0) is 9.59 Å². The molecule has 2 aromatic carbocycles. The zero-order valence-corrected chi connectivity index (χ0v) is 27.8. The van der Waals surface area contributed by atoms with E-state index in [1.165, 1.54) is 0 Å². The van der Waals surface area contributed by atoms with Crippen molar-refractivity contribution in [2.45, 2.75) is 116 Å². The second kappa shape index (κ2) is 18.4. The molecule has 2 aliphatic carbocycles. The third-order valence-corrected chi connectivity index (χ3v) is 9.20. The number of aliphatic hydroxyl groups is 2. The summed E-state index contributed by atoms with van der Waals surface area (Å²) < 4.78 is 0. The van der Waals surface area contributed by atoms with Crippen molar-refractivity contribution in [2.75, 3.05) is 13.1 Å². The van der Waals surface area contributed by atoms with Crippen LogP contribution >= 0.6 is 0 Å². The monoisotopic (exact) mass is 624 g/mol. The van der Waals surface area contributed by atoms with E-state index in [2.05, 4.69) is 38.1 Å². The number of nitrogens with zero attached hydrogens (tertiary/aromatic N) is 2. The molecule has 2 aliphatic rings. The molecule has 6 heteroatoms. The van der Waals surface area contributed by atoms with Gasteiger partial charge >= 0.3 is 0 Å². The molecule has 2 fully saturated rings. The molecule has 0 saturated heterocycles. The van der Waals surface area contributed by atoms with Crippen LogP contribution in [0.15, 0.2) is 93.3 Å². The SMILES string of the molecule is CCCCC(O)=C1C(=O)C[C@@H](c2ccccc2)CC1=NCCCCCCN=C1C[C@@H](c2ccccc2)CC(=O)C1=C(O)CCCC. The summed E-state index contributed by atoms with van der Waals surface area (Å²) in [6, 6.07) is 20.3. The minimum atomic E-state index is -0.00332. The molecule has 0 amide bonds. The predicted octanol–water partition coefficient (Wildman–Crippen LogP) is 9.73. The number of allylic oxidation sites excluding steroid dienone is 4. The van der Waals surface area contributed by atoms with Gasteiger partial charge in [-0.25, -0.2) is 0 Å². The molecule has 2 saturated carbocycles. The van der Waals surface area contributed by atoms with E-state index in [4.69, 9.17) is 9.98 Å². The first-order valence-corrected chi connectivity index (χ1v) is 17.5. The van der Waals surface area contributed by atoms with E-state index in [0.717, 1.165) is 73.9 Å². The fourth-order valence-electron chi connectivity index (χ4n) is 6.60. The van der Waals surface area contributed by atoms with Gasteiger partial charge in [-0.3, -0.25) is 19.6 Å². The molecule has 0 unspecified atom stereocenters. The van der Waals surface area contributed by atoms with Crippen molar-refractivity contribution in [1.29, 1.82) is 0 Å².